The zero-order chi connectivity index (χ0) is 18.2. The molecule has 7 nitrogen and oxygen atoms in total. The summed E-state index contributed by atoms with van der Waals surface area (Å²) >= 11 is 0. The van der Waals surface area contributed by atoms with E-state index in [1.165, 1.54) is 0 Å². The third-order valence-corrected chi connectivity index (χ3v) is 4.20. The maximum Gasteiger partial charge on any atom is 0.320 e. The normalized spacial score (nSPS) is 14.7. The Bertz CT molecular complexity index is 621. The van der Waals surface area contributed by atoms with Crippen LogP contribution in [0.15, 0.2) is 24.3 Å². The van der Waals surface area contributed by atoms with Gasteiger partial charge in [0.15, 0.2) is 0 Å². The summed E-state index contributed by atoms with van der Waals surface area (Å²) in [6.45, 7) is 2.98. The van der Waals surface area contributed by atoms with E-state index in [4.69, 9.17) is 5.11 Å². The van der Waals surface area contributed by atoms with Crippen molar-refractivity contribution in [1.82, 2.24) is 10.6 Å². The van der Waals surface area contributed by atoms with E-state index < -0.39 is 12.0 Å². The monoisotopic (exact) mass is 383 g/mol. The highest BCUT2D eigenvalue weighted by Crippen LogP contribution is 2.21. The first-order chi connectivity index (χ1) is 12.0. The lowest BCUT2D eigenvalue weighted by molar-refractivity contribution is -0.139. The van der Waals surface area contributed by atoms with Crippen molar-refractivity contribution in [2.75, 3.05) is 18.0 Å². The molecule has 144 valence electrons. The van der Waals surface area contributed by atoms with Crippen LogP contribution in [0.1, 0.15) is 38.2 Å². The Morgan fingerprint density at radius 3 is 2.50 bits per heavy atom. The van der Waals surface area contributed by atoms with Gasteiger partial charge in [-0.1, -0.05) is 25.5 Å². The van der Waals surface area contributed by atoms with Crippen molar-refractivity contribution in [3.63, 3.8) is 0 Å². The molecule has 3 N–H and O–H groups in total. The number of nitrogens with zero attached hydrogens (tertiary/aromatic N) is 1. The maximum absolute atomic E-state index is 11.8. The average Bonchev–Trinajstić information content (AvgIpc) is 3.03. The number of amides is 2. The van der Waals surface area contributed by atoms with E-state index in [0.717, 1.165) is 30.6 Å². The molecule has 0 bridgehead atoms. The number of carboxylic acid groups (broad SMARTS) is 1. The van der Waals surface area contributed by atoms with Gasteiger partial charge in [0.2, 0.25) is 11.8 Å². The topological polar surface area (TPSA) is 98.7 Å². The van der Waals surface area contributed by atoms with Crippen LogP contribution in [0, 0.1) is 0 Å². The molecule has 1 unspecified atom stereocenters. The minimum atomic E-state index is -0.943. The number of carboxylic acids is 1. The van der Waals surface area contributed by atoms with E-state index in [-0.39, 0.29) is 30.8 Å². The van der Waals surface area contributed by atoms with Crippen LogP contribution in [0.4, 0.5) is 5.69 Å². The Hall–Kier alpha value is -2.12. The van der Waals surface area contributed by atoms with Crippen molar-refractivity contribution in [3.8, 4) is 0 Å². The van der Waals surface area contributed by atoms with Crippen LogP contribution in [-0.4, -0.2) is 42.0 Å². The van der Waals surface area contributed by atoms with E-state index in [0.29, 0.717) is 19.4 Å². The van der Waals surface area contributed by atoms with E-state index >= 15 is 0 Å². The molecule has 1 aromatic rings. The number of aliphatic carboxylic acids is 1. The first-order valence-corrected chi connectivity index (χ1v) is 8.63. The molecule has 26 heavy (non-hydrogen) atoms. The number of anilines is 1. The zero-order valence-electron chi connectivity index (χ0n) is 14.9. The smallest absolute Gasteiger partial charge is 0.320 e. The van der Waals surface area contributed by atoms with E-state index in [1.807, 2.05) is 31.2 Å². The van der Waals surface area contributed by atoms with Gasteiger partial charge in [-0.05, 0) is 30.5 Å². The summed E-state index contributed by atoms with van der Waals surface area (Å²) in [5.41, 5.74) is 1.80. The molecule has 1 aliphatic rings. The van der Waals surface area contributed by atoms with E-state index in [9.17, 15) is 14.4 Å². The van der Waals surface area contributed by atoms with Gasteiger partial charge in [-0.25, -0.2) is 0 Å². The summed E-state index contributed by atoms with van der Waals surface area (Å²) in [7, 11) is 0. The molecule has 2 amide bonds. The Morgan fingerprint density at radius 1 is 1.27 bits per heavy atom. The summed E-state index contributed by atoms with van der Waals surface area (Å²) in [6, 6.07) is 6.82. The third kappa shape index (κ3) is 6.31. The number of benzene rings is 1. The van der Waals surface area contributed by atoms with Gasteiger partial charge in [-0.2, -0.15) is 0 Å². The van der Waals surface area contributed by atoms with Gasteiger partial charge in [0, 0.05) is 25.2 Å². The minimum Gasteiger partial charge on any atom is -0.480 e. The second kappa shape index (κ2) is 10.8. The van der Waals surface area contributed by atoms with Crippen LogP contribution < -0.4 is 15.5 Å². The van der Waals surface area contributed by atoms with Crippen LogP contribution in [0.5, 0.6) is 0 Å². The molecule has 0 saturated carbocycles. The highest BCUT2D eigenvalue weighted by atomic mass is 35.5. The average molecular weight is 384 g/mol. The number of carbonyl (C=O) groups excluding carboxylic acids is 2. The van der Waals surface area contributed by atoms with Crippen LogP contribution >= 0.6 is 12.4 Å². The van der Waals surface area contributed by atoms with Crippen molar-refractivity contribution in [2.45, 2.75) is 45.2 Å². The SMILES string of the molecule is CCCC(NCC(=O)NCc1ccc(N2CCCC2=O)cc1)C(=O)O.Cl. The number of hydrogen-bond acceptors (Lipinski definition) is 4. The number of rotatable bonds is 9. The molecule has 0 aromatic heterocycles. The molecule has 2 rings (SSSR count). The van der Waals surface area contributed by atoms with Crippen LogP contribution in [-0.2, 0) is 20.9 Å². The Kier molecular flexibility index (Phi) is 9.09. The van der Waals surface area contributed by atoms with Gasteiger partial charge in [0.25, 0.3) is 0 Å². The lowest BCUT2D eigenvalue weighted by Crippen LogP contribution is -2.42. The predicted molar refractivity (Wildman–Crippen MR) is 101 cm³/mol. The standard InChI is InChI=1S/C18H25N3O4.ClH/c1-2-4-15(18(24)25)19-12-16(22)20-11-13-6-8-14(9-7-13)21-10-3-5-17(21)23;/h6-9,15,19H,2-5,10-12H2,1H3,(H,20,22)(H,24,25);1H. The van der Waals surface area contributed by atoms with Crippen molar-refractivity contribution >= 4 is 35.9 Å². The fourth-order valence-corrected chi connectivity index (χ4v) is 2.80. The van der Waals surface area contributed by atoms with Gasteiger partial charge < -0.3 is 15.3 Å². The second-order valence-electron chi connectivity index (χ2n) is 6.15. The first kappa shape index (κ1) is 21.9. The lowest BCUT2D eigenvalue weighted by atomic mass is 10.1. The van der Waals surface area contributed by atoms with Crippen LogP contribution in [0.25, 0.3) is 0 Å². The molecule has 1 fully saturated rings. The lowest BCUT2D eigenvalue weighted by Gasteiger charge is -2.16. The van der Waals surface area contributed by atoms with E-state index in [1.54, 1.807) is 4.90 Å². The third-order valence-electron chi connectivity index (χ3n) is 4.20. The molecule has 1 aliphatic heterocycles. The van der Waals surface area contributed by atoms with Crippen molar-refractivity contribution in [1.29, 1.82) is 0 Å². The molecule has 0 spiro atoms. The van der Waals surface area contributed by atoms with Crippen molar-refractivity contribution < 1.29 is 19.5 Å². The number of hydrogen-bond donors (Lipinski definition) is 3. The number of halogens is 1. The summed E-state index contributed by atoms with van der Waals surface area (Å²) in [5.74, 6) is -1.05. The molecular formula is C18H26ClN3O4. The predicted octanol–water partition coefficient (Wildman–Crippen LogP) is 1.69. The molecule has 1 heterocycles. The quantitative estimate of drug-likeness (QED) is 0.602. The molecule has 0 radical (unpaired) electrons. The number of carbonyl (C=O) groups is 3. The Labute approximate surface area is 159 Å². The van der Waals surface area contributed by atoms with Crippen molar-refractivity contribution in [2.24, 2.45) is 0 Å². The summed E-state index contributed by atoms with van der Waals surface area (Å²) in [4.78, 5) is 36.4. The highest BCUT2D eigenvalue weighted by Gasteiger charge is 2.21. The van der Waals surface area contributed by atoms with Gasteiger partial charge in [-0.3, -0.25) is 19.7 Å². The summed E-state index contributed by atoms with van der Waals surface area (Å²) in [5, 5.41) is 14.5. The van der Waals surface area contributed by atoms with Gasteiger partial charge in [-0.15, -0.1) is 12.4 Å². The largest absolute Gasteiger partial charge is 0.480 e. The Morgan fingerprint density at radius 2 is 1.96 bits per heavy atom. The fraction of sp³-hybridized carbons (Fsp3) is 0.500. The summed E-state index contributed by atoms with van der Waals surface area (Å²) in [6.07, 6.45) is 2.70. The molecule has 1 saturated heterocycles. The maximum atomic E-state index is 11.8. The Balaban J connectivity index is 0.00000338. The molecule has 1 atom stereocenters. The fourth-order valence-electron chi connectivity index (χ4n) is 2.80. The molecule has 1 aromatic carbocycles. The molecule has 8 heteroatoms. The van der Waals surface area contributed by atoms with Crippen molar-refractivity contribution in [3.05, 3.63) is 29.8 Å². The van der Waals surface area contributed by atoms with Crippen LogP contribution in [0.2, 0.25) is 0 Å². The first-order valence-electron chi connectivity index (χ1n) is 8.63. The second-order valence-corrected chi connectivity index (χ2v) is 6.15. The number of nitrogens with one attached hydrogen (secondary N) is 2. The van der Waals surface area contributed by atoms with E-state index in [2.05, 4.69) is 10.6 Å². The minimum absolute atomic E-state index is 0. The van der Waals surface area contributed by atoms with Gasteiger partial charge in [0.05, 0.1) is 6.54 Å². The molecule has 0 aliphatic carbocycles. The highest BCUT2D eigenvalue weighted by molar-refractivity contribution is 5.95. The summed E-state index contributed by atoms with van der Waals surface area (Å²) < 4.78 is 0. The zero-order valence-corrected chi connectivity index (χ0v) is 15.7. The molecular weight excluding hydrogens is 358 g/mol. The van der Waals surface area contributed by atoms with Gasteiger partial charge >= 0.3 is 5.97 Å². The van der Waals surface area contributed by atoms with Gasteiger partial charge in [0.1, 0.15) is 6.04 Å². The van der Waals surface area contributed by atoms with Crippen LogP contribution in [0.3, 0.4) is 0 Å².